The molecule has 4 nitrogen and oxygen atoms in total. The van der Waals surface area contributed by atoms with E-state index in [9.17, 15) is 5.11 Å². The minimum atomic E-state index is -0.453. The van der Waals surface area contributed by atoms with Gasteiger partial charge in [0.1, 0.15) is 5.75 Å². The molecule has 0 saturated heterocycles. The highest BCUT2D eigenvalue weighted by molar-refractivity contribution is 5.28. The van der Waals surface area contributed by atoms with E-state index in [-0.39, 0.29) is 6.04 Å². The maximum Gasteiger partial charge on any atom is 0.118 e. The van der Waals surface area contributed by atoms with Crippen LogP contribution in [0.3, 0.4) is 0 Å². The molecule has 0 aliphatic heterocycles. The van der Waals surface area contributed by atoms with Crippen molar-refractivity contribution in [2.45, 2.75) is 50.9 Å². The summed E-state index contributed by atoms with van der Waals surface area (Å²) in [5.74, 6) is 0.857. The SMILES string of the molecule is COc1ccc([C@H](C)NCC(O)COC2CCCC2)cc1. The Morgan fingerprint density at radius 3 is 2.52 bits per heavy atom. The van der Waals surface area contributed by atoms with E-state index >= 15 is 0 Å². The number of aliphatic hydroxyl groups excluding tert-OH is 1. The second-order valence-corrected chi connectivity index (χ2v) is 5.80. The Bertz CT molecular complexity index is 401. The molecule has 2 rings (SSSR count). The van der Waals surface area contributed by atoms with Gasteiger partial charge in [-0.1, -0.05) is 25.0 Å². The Hall–Kier alpha value is -1.10. The van der Waals surface area contributed by atoms with Crippen LogP contribution in [0.25, 0.3) is 0 Å². The normalized spacial score (nSPS) is 18.6. The summed E-state index contributed by atoms with van der Waals surface area (Å²) in [7, 11) is 1.66. The molecule has 0 aromatic heterocycles. The van der Waals surface area contributed by atoms with E-state index < -0.39 is 6.10 Å². The van der Waals surface area contributed by atoms with Crippen molar-refractivity contribution in [1.82, 2.24) is 5.32 Å². The summed E-state index contributed by atoms with van der Waals surface area (Å²) in [5.41, 5.74) is 1.18. The van der Waals surface area contributed by atoms with Crippen LogP contribution >= 0.6 is 0 Å². The van der Waals surface area contributed by atoms with Crippen molar-refractivity contribution in [2.24, 2.45) is 0 Å². The Balaban J connectivity index is 1.68. The van der Waals surface area contributed by atoms with Gasteiger partial charge in [0.05, 0.1) is 25.9 Å². The van der Waals surface area contributed by atoms with E-state index in [2.05, 4.69) is 12.2 Å². The van der Waals surface area contributed by atoms with E-state index in [4.69, 9.17) is 9.47 Å². The Labute approximate surface area is 127 Å². The van der Waals surface area contributed by atoms with Crippen LogP contribution in [0.2, 0.25) is 0 Å². The molecule has 21 heavy (non-hydrogen) atoms. The number of aliphatic hydroxyl groups is 1. The van der Waals surface area contributed by atoms with Crippen molar-refractivity contribution in [3.63, 3.8) is 0 Å². The van der Waals surface area contributed by atoms with E-state index in [1.807, 2.05) is 24.3 Å². The molecule has 1 saturated carbocycles. The number of ether oxygens (including phenoxy) is 2. The molecule has 4 heteroatoms. The van der Waals surface area contributed by atoms with Gasteiger partial charge >= 0.3 is 0 Å². The highest BCUT2D eigenvalue weighted by Crippen LogP contribution is 2.21. The minimum absolute atomic E-state index is 0.192. The summed E-state index contributed by atoms with van der Waals surface area (Å²) in [6.45, 7) is 3.05. The first kappa shape index (κ1) is 16.3. The summed E-state index contributed by atoms with van der Waals surface area (Å²) in [4.78, 5) is 0. The standard InChI is InChI=1S/C17H27NO3/c1-13(14-7-9-16(20-2)10-8-14)18-11-15(19)12-21-17-5-3-4-6-17/h7-10,13,15,17-19H,3-6,11-12H2,1-2H3/t13-,15?/m0/s1. The van der Waals surface area contributed by atoms with Gasteiger partial charge in [-0.2, -0.15) is 0 Å². The van der Waals surface area contributed by atoms with Crippen molar-refractivity contribution in [2.75, 3.05) is 20.3 Å². The molecule has 0 radical (unpaired) electrons. The number of hydrogen-bond donors (Lipinski definition) is 2. The summed E-state index contributed by atoms with van der Waals surface area (Å²) in [6.07, 6.45) is 4.70. The summed E-state index contributed by atoms with van der Waals surface area (Å²) in [5, 5.41) is 13.3. The minimum Gasteiger partial charge on any atom is -0.497 e. The van der Waals surface area contributed by atoms with Crippen molar-refractivity contribution in [3.05, 3.63) is 29.8 Å². The number of hydrogen-bond acceptors (Lipinski definition) is 4. The zero-order valence-corrected chi connectivity index (χ0v) is 13.0. The van der Waals surface area contributed by atoms with E-state index in [0.717, 1.165) is 18.6 Å². The molecule has 0 bridgehead atoms. The lowest BCUT2D eigenvalue weighted by Gasteiger charge is -2.19. The maximum absolute atomic E-state index is 9.98. The second-order valence-electron chi connectivity index (χ2n) is 5.80. The Kier molecular flexibility index (Phi) is 6.49. The molecule has 1 aromatic rings. The molecule has 1 fully saturated rings. The van der Waals surface area contributed by atoms with Gasteiger partial charge in [0.25, 0.3) is 0 Å². The first-order valence-corrected chi connectivity index (χ1v) is 7.86. The van der Waals surface area contributed by atoms with E-state index in [1.165, 1.54) is 18.4 Å². The second kappa shape index (κ2) is 8.37. The fourth-order valence-corrected chi connectivity index (χ4v) is 2.68. The van der Waals surface area contributed by atoms with Gasteiger partial charge in [-0.05, 0) is 37.5 Å². The monoisotopic (exact) mass is 293 g/mol. The lowest BCUT2D eigenvalue weighted by Crippen LogP contribution is -2.33. The lowest BCUT2D eigenvalue weighted by atomic mass is 10.1. The summed E-state index contributed by atoms with van der Waals surface area (Å²) in [6, 6.07) is 8.17. The van der Waals surface area contributed by atoms with Crippen LogP contribution in [-0.2, 0) is 4.74 Å². The lowest BCUT2D eigenvalue weighted by molar-refractivity contribution is -0.00610. The number of methoxy groups -OCH3 is 1. The van der Waals surface area contributed by atoms with Crippen LogP contribution < -0.4 is 10.1 Å². The molecule has 1 unspecified atom stereocenters. The van der Waals surface area contributed by atoms with Gasteiger partial charge in [-0.15, -0.1) is 0 Å². The van der Waals surface area contributed by atoms with Gasteiger partial charge in [-0.25, -0.2) is 0 Å². The van der Waals surface area contributed by atoms with Crippen molar-refractivity contribution in [3.8, 4) is 5.75 Å². The molecule has 1 aliphatic carbocycles. The number of nitrogens with one attached hydrogen (secondary N) is 1. The smallest absolute Gasteiger partial charge is 0.118 e. The quantitative estimate of drug-likeness (QED) is 0.774. The van der Waals surface area contributed by atoms with Crippen molar-refractivity contribution < 1.29 is 14.6 Å². The molecule has 0 spiro atoms. The van der Waals surface area contributed by atoms with Crippen LogP contribution in [0, 0.1) is 0 Å². The molecule has 1 aromatic carbocycles. The van der Waals surface area contributed by atoms with Crippen molar-refractivity contribution >= 4 is 0 Å². The predicted octanol–water partition coefficient (Wildman–Crippen LogP) is 2.67. The molecular weight excluding hydrogens is 266 g/mol. The highest BCUT2D eigenvalue weighted by atomic mass is 16.5. The summed E-state index contributed by atoms with van der Waals surface area (Å²) < 4.78 is 10.9. The van der Waals surface area contributed by atoms with Crippen molar-refractivity contribution in [1.29, 1.82) is 0 Å². The third kappa shape index (κ3) is 5.30. The fraction of sp³-hybridized carbons (Fsp3) is 0.647. The van der Waals surface area contributed by atoms with Gasteiger partial charge in [0.15, 0.2) is 0 Å². The molecule has 2 N–H and O–H groups in total. The zero-order chi connectivity index (χ0) is 15.1. The molecule has 0 amide bonds. The van der Waals surface area contributed by atoms with Gasteiger partial charge < -0.3 is 19.9 Å². The van der Waals surface area contributed by atoms with Crippen LogP contribution in [0.4, 0.5) is 0 Å². The number of benzene rings is 1. The Morgan fingerprint density at radius 2 is 1.90 bits per heavy atom. The van der Waals surface area contributed by atoms with Crippen LogP contribution in [-0.4, -0.2) is 37.6 Å². The molecule has 0 heterocycles. The Morgan fingerprint density at radius 1 is 1.24 bits per heavy atom. The third-order valence-electron chi connectivity index (χ3n) is 4.10. The third-order valence-corrected chi connectivity index (χ3v) is 4.10. The molecule has 118 valence electrons. The largest absolute Gasteiger partial charge is 0.497 e. The predicted molar refractivity (Wildman–Crippen MR) is 83.6 cm³/mol. The maximum atomic E-state index is 9.98. The average Bonchev–Trinajstić information content (AvgIpc) is 3.04. The molecular formula is C17H27NO3. The topological polar surface area (TPSA) is 50.7 Å². The van der Waals surface area contributed by atoms with E-state index in [1.54, 1.807) is 7.11 Å². The molecule has 2 atom stereocenters. The first-order valence-electron chi connectivity index (χ1n) is 7.86. The van der Waals surface area contributed by atoms with Gasteiger partial charge in [0.2, 0.25) is 0 Å². The number of rotatable bonds is 8. The average molecular weight is 293 g/mol. The van der Waals surface area contributed by atoms with Crippen LogP contribution in [0.15, 0.2) is 24.3 Å². The fourth-order valence-electron chi connectivity index (χ4n) is 2.68. The van der Waals surface area contributed by atoms with Crippen LogP contribution in [0.5, 0.6) is 5.75 Å². The highest BCUT2D eigenvalue weighted by Gasteiger charge is 2.17. The molecule has 1 aliphatic rings. The zero-order valence-electron chi connectivity index (χ0n) is 13.0. The first-order chi connectivity index (χ1) is 10.2. The van der Waals surface area contributed by atoms with E-state index in [0.29, 0.717) is 19.3 Å². The van der Waals surface area contributed by atoms with Gasteiger partial charge in [-0.3, -0.25) is 0 Å². The summed E-state index contributed by atoms with van der Waals surface area (Å²) >= 11 is 0. The van der Waals surface area contributed by atoms with Crippen LogP contribution in [0.1, 0.15) is 44.2 Å². The van der Waals surface area contributed by atoms with Gasteiger partial charge in [0, 0.05) is 12.6 Å².